The van der Waals surface area contributed by atoms with E-state index in [9.17, 15) is 0 Å². The van der Waals surface area contributed by atoms with E-state index in [1.807, 2.05) is 43.0 Å². The van der Waals surface area contributed by atoms with Crippen molar-refractivity contribution >= 4 is 17.0 Å². The largest absolute Gasteiger partial charge is 0.457 e. The minimum atomic E-state index is 0.485. The molecule has 0 aromatic carbocycles. The van der Waals surface area contributed by atoms with Crippen molar-refractivity contribution in [1.82, 2.24) is 24.9 Å². The molecule has 5 heterocycles. The lowest BCUT2D eigenvalue weighted by Crippen LogP contribution is -2.25. The second-order valence-electron chi connectivity index (χ2n) is 9.00. The quantitative estimate of drug-likeness (QED) is 0.549. The summed E-state index contributed by atoms with van der Waals surface area (Å²) in [5.74, 6) is 2.39. The predicted molar refractivity (Wildman–Crippen MR) is 115 cm³/mol. The van der Waals surface area contributed by atoms with E-state index >= 15 is 0 Å². The van der Waals surface area contributed by atoms with E-state index in [4.69, 9.17) is 4.42 Å². The Morgan fingerprint density at radius 2 is 1.93 bits per heavy atom. The summed E-state index contributed by atoms with van der Waals surface area (Å²) < 4.78 is 7.54. The van der Waals surface area contributed by atoms with E-state index in [2.05, 4.69) is 37.6 Å². The van der Waals surface area contributed by atoms with E-state index in [1.165, 1.54) is 31.5 Å². The zero-order valence-electron chi connectivity index (χ0n) is 17.4. The summed E-state index contributed by atoms with van der Waals surface area (Å²) >= 11 is 0. The van der Waals surface area contributed by atoms with Gasteiger partial charge in [-0.1, -0.05) is 0 Å². The number of aryl methyl sites for hydroxylation is 2. The van der Waals surface area contributed by atoms with Crippen LogP contribution in [0.5, 0.6) is 0 Å². The highest BCUT2D eigenvalue weighted by atomic mass is 16.3. The van der Waals surface area contributed by atoms with Gasteiger partial charge < -0.3 is 9.73 Å². The first-order valence-corrected chi connectivity index (χ1v) is 10.7. The second-order valence-corrected chi connectivity index (χ2v) is 9.00. The topological polar surface area (TPSA) is 72.0 Å². The Labute approximate surface area is 175 Å². The Bertz CT molecular complexity index is 1130. The molecule has 6 rings (SSSR count). The molecule has 30 heavy (non-hydrogen) atoms. The Balaban J connectivity index is 1.06. The monoisotopic (exact) mass is 402 g/mol. The van der Waals surface area contributed by atoms with Gasteiger partial charge in [0.2, 0.25) is 0 Å². The standard InChI is InChI=1S/C23H26N6O/c1-14-10-24-28(2)23(14)20-4-6-22(27-26-20)25-18-7-15-11-29(12-16(15)8-18)13-17-9-19-3-5-21(17)30-19/h3-6,9-10,15-16,18H,7-8,11-13H2,1-2H3,(H,25,27)/t15-,16?,18+/m1/s1. The van der Waals surface area contributed by atoms with Crippen LogP contribution in [-0.2, 0) is 13.6 Å². The average Bonchev–Trinajstić information content (AvgIpc) is 3.52. The number of hydrogen-bond donors (Lipinski definition) is 1. The number of aromatic nitrogens is 4. The van der Waals surface area contributed by atoms with Gasteiger partial charge in [-0.15, -0.1) is 10.2 Å². The Morgan fingerprint density at radius 1 is 1.10 bits per heavy atom. The van der Waals surface area contributed by atoms with Gasteiger partial charge in [0.25, 0.3) is 0 Å². The van der Waals surface area contributed by atoms with Crippen molar-refractivity contribution in [1.29, 1.82) is 0 Å². The molecule has 1 N–H and O–H groups in total. The molecule has 2 fully saturated rings. The summed E-state index contributed by atoms with van der Waals surface area (Å²) in [5, 5.41) is 16.8. The van der Waals surface area contributed by atoms with Crippen LogP contribution in [0.1, 0.15) is 24.0 Å². The maximum Gasteiger partial charge on any atom is 0.148 e. The Morgan fingerprint density at radius 3 is 2.53 bits per heavy atom. The third kappa shape index (κ3) is 3.04. The van der Waals surface area contributed by atoms with Crippen LogP contribution >= 0.6 is 0 Å². The fourth-order valence-corrected chi connectivity index (χ4v) is 5.51. The number of nitrogens with zero attached hydrogens (tertiary/aromatic N) is 5. The second kappa shape index (κ2) is 6.80. The van der Waals surface area contributed by atoms with Crippen molar-refractivity contribution in [2.75, 3.05) is 18.4 Å². The molecule has 4 aromatic heterocycles. The van der Waals surface area contributed by atoms with Crippen LogP contribution in [0.4, 0.5) is 5.82 Å². The third-order valence-electron chi connectivity index (χ3n) is 6.86. The van der Waals surface area contributed by atoms with Crippen molar-refractivity contribution in [3.8, 4) is 11.4 Å². The molecular weight excluding hydrogens is 376 g/mol. The molecule has 7 nitrogen and oxygen atoms in total. The summed E-state index contributed by atoms with van der Waals surface area (Å²) in [6.07, 6.45) is 4.27. The van der Waals surface area contributed by atoms with Crippen LogP contribution in [0.3, 0.4) is 0 Å². The molecule has 3 atom stereocenters. The van der Waals surface area contributed by atoms with Crippen LogP contribution in [0.25, 0.3) is 22.6 Å². The fraction of sp³-hybridized carbons (Fsp3) is 0.435. The molecule has 1 saturated carbocycles. The number of fused-ring (bicyclic) bond motifs is 3. The first kappa shape index (κ1) is 17.9. The molecule has 154 valence electrons. The van der Waals surface area contributed by atoms with Gasteiger partial charge in [-0.05, 0) is 67.5 Å². The van der Waals surface area contributed by atoms with Gasteiger partial charge in [0.05, 0.1) is 11.9 Å². The number of benzene rings is 1. The highest BCUT2D eigenvalue weighted by Gasteiger charge is 2.41. The summed E-state index contributed by atoms with van der Waals surface area (Å²) in [4.78, 5) is 2.59. The average molecular weight is 403 g/mol. The number of rotatable bonds is 5. The highest BCUT2D eigenvalue weighted by Crippen LogP contribution is 2.40. The Kier molecular flexibility index (Phi) is 4.06. The molecular formula is C23H26N6O. The van der Waals surface area contributed by atoms with Gasteiger partial charge in [-0.25, -0.2) is 0 Å². The first-order valence-electron chi connectivity index (χ1n) is 10.7. The van der Waals surface area contributed by atoms with Crippen LogP contribution in [0.15, 0.2) is 40.9 Å². The lowest BCUT2D eigenvalue weighted by Gasteiger charge is -2.19. The first-order chi connectivity index (χ1) is 14.6. The summed E-state index contributed by atoms with van der Waals surface area (Å²) in [6, 6.07) is 10.9. The fourth-order valence-electron chi connectivity index (χ4n) is 5.51. The molecule has 0 spiro atoms. The van der Waals surface area contributed by atoms with E-state index in [0.717, 1.165) is 52.3 Å². The van der Waals surface area contributed by atoms with Gasteiger partial charge in [0.1, 0.15) is 22.7 Å². The van der Waals surface area contributed by atoms with Gasteiger partial charge in [-0.3, -0.25) is 9.58 Å². The number of hydrogen-bond acceptors (Lipinski definition) is 6. The molecule has 1 aliphatic heterocycles. The van der Waals surface area contributed by atoms with Crippen LogP contribution in [0.2, 0.25) is 0 Å². The minimum absolute atomic E-state index is 0.485. The molecule has 2 aliphatic rings. The van der Waals surface area contributed by atoms with Gasteiger partial charge in [-0.2, -0.15) is 5.10 Å². The predicted octanol–water partition coefficient (Wildman–Crippen LogP) is 3.69. The zero-order chi connectivity index (χ0) is 20.2. The van der Waals surface area contributed by atoms with Crippen molar-refractivity contribution in [2.45, 2.75) is 32.4 Å². The van der Waals surface area contributed by atoms with E-state index in [0.29, 0.717) is 6.04 Å². The number of furan rings is 2. The smallest absolute Gasteiger partial charge is 0.148 e. The summed E-state index contributed by atoms with van der Waals surface area (Å²) in [5.41, 5.74) is 6.37. The molecule has 0 radical (unpaired) electrons. The summed E-state index contributed by atoms with van der Waals surface area (Å²) in [7, 11) is 1.94. The molecule has 2 bridgehead atoms. The van der Waals surface area contributed by atoms with Crippen molar-refractivity contribution in [3.63, 3.8) is 0 Å². The van der Waals surface area contributed by atoms with Crippen molar-refractivity contribution < 1.29 is 4.42 Å². The minimum Gasteiger partial charge on any atom is -0.457 e. The SMILES string of the molecule is Cc1cnn(C)c1-c1ccc(N[C@@H]2CC3CN(Cc4cc5ccc4o5)C[C@H]3C2)nn1. The maximum absolute atomic E-state index is 5.69. The number of nitrogens with one attached hydrogen (secondary N) is 1. The van der Waals surface area contributed by atoms with Gasteiger partial charge >= 0.3 is 0 Å². The highest BCUT2D eigenvalue weighted by molar-refractivity contribution is 5.65. The molecule has 0 amide bonds. The maximum atomic E-state index is 5.69. The Hall–Kier alpha value is -2.93. The van der Waals surface area contributed by atoms with Crippen LogP contribution in [-0.4, -0.2) is 44.0 Å². The molecule has 1 unspecified atom stereocenters. The van der Waals surface area contributed by atoms with E-state index in [-0.39, 0.29) is 0 Å². The molecule has 7 heteroatoms. The lowest BCUT2D eigenvalue weighted by atomic mass is 10.0. The van der Waals surface area contributed by atoms with Crippen LogP contribution in [0, 0.1) is 18.8 Å². The summed E-state index contributed by atoms with van der Waals surface area (Å²) in [6.45, 7) is 5.41. The molecule has 1 saturated heterocycles. The van der Waals surface area contributed by atoms with E-state index < -0.39 is 0 Å². The molecule has 4 aromatic rings. The zero-order valence-corrected chi connectivity index (χ0v) is 17.4. The third-order valence-corrected chi connectivity index (χ3v) is 6.86. The van der Waals surface area contributed by atoms with Crippen molar-refractivity contribution in [2.24, 2.45) is 18.9 Å². The normalized spacial score (nSPS) is 24.1. The van der Waals surface area contributed by atoms with Gasteiger partial charge in [0.15, 0.2) is 0 Å². The van der Waals surface area contributed by atoms with E-state index in [1.54, 1.807) is 0 Å². The number of anilines is 1. The molecule has 1 aliphatic carbocycles. The van der Waals surface area contributed by atoms with Crippen LogP contribution < -0.4 is 5.32 Å². The number of likely N-dealkylation sites (tertiary alicyclic amines) is 1. The van der Waals surface area contributed by atoms with Crippen molar-refractivity contribution in [3.05, 3.63) is 47.7 Å². The van der Waals surface area contributed by atoms with Gasteiger partial charge in [0, 0.05) is 38.3 Å². The lowest BCUT2D eigenvalue weighted by molar-refractivity contribution is 0.301.